The minimum absolute atomic E-state index is 0.0279. The Bertz CT molecular complexity index is 1120. The molecule has 1 aromatic carbocycles. The largest absolute Gasteiger partial charge is 0.497 e. The van der Waals surface area contributed by atoms with Crippen LogP contribution in [0.15, 0.2) is 53.7 Å². The minimum atomic E-state index is -0.456. The lowest BCUT2D eigenvalue weighted by atomic mass is 10.0. The van der Waals surface area contributed by atoms with Crippen molar-refractivity contribution < 1.29 is 19.1 Å². The van der Waals surface area contributed by atoms with Crippen LogP contribution in [0.3, 0.4) is 0 Å². The molecule has 1 amide bonds. The molecule has 0 N–H and O–H groups in total. The number of esters is 1. The predicted octanol–water partition coefficient (Wildman–Crippen LogP) is 3.19. The third-order valence-electron chi connectivity index (χ3n) is 5.46. The van der Waals surface area contributed by atoms with Crippen LogP contribution < -0.4 is 4.74 Å². The van der Waals surface area contributed by atoms with Crippen LogP contribution in [0.25, 0.3) is 0 Å². The first-order valence-electron chi connectivity index (χ1n) is 10.8. The van der Waals surface area contributed by atoms with E-state index in [4.69, 9.17) is 9.47 Å². The molecule has 0 aliphatic carbocycles. The van der Waals surface area contributed by atoms with Crippen LogP contribution in [-0.4, -0.2) is 57.6 Å². The predicted molar refractivity (Wildman–Crippen MR) is 124 cm³/mol. The third-order valence-corrected chi connectivity index (χ3v) is 6.46. The minimum Gasteiger partial charge on any atom is -0.497 e. The van der Waals surface area contributed by atoms with E-state index < -0.39 is 5.97 Å². The standard InChI is InChI=1S/C24H26N4O4S/c1-3-32-24(30)23-20-15-27(22(29)16-33-19-8-11-25-12-9-19)13-10-21(20)28(26-23)14-17-4-6-18(31-2)7-5-17/h4-9,11-12H,3,10,13-16H2,1-2H3. The number of pyridine rings is 1. The molecule has 0 saturated carbocycles. The van der Waals surface area contributed by atoms with Crippen molar-refractivity contribution >= 4 is 23.6 Å². The molecular formula is C24H26N4O4S. The number of aromatic nitrogens is 3. The Morgan fingerprint density at radius 1 is 1.12 bits per heavy atom. The Balaban J connectivity index is 1.53. The number of hydrogen-bond donors (Lipinski definition) is 0. The monoisotopic (exact) mass is 466 g/mol. The molecule has 1 aliphatic heterocycles. The third kappa shape index (κ3) is 5.36. The van der Waals surface area contributed by atoms with E-state index in [1.54, 1.807) is 31.3 Å². The molecule has 3 aromatic rings. The van der Waals surface area contributed by atoms with Crippen molar-refractivity contribution in [3.8, 4) is 5.75 Å². The molecule has 8 nitrogen and oxygen atoms in total. The average molecular weight is 467 g/mol. The maximum atomic E-state index is 12.9. The molecule has 33 heavy (non-hydrogen) atoms. The van der Waals surface area contributed by atoms with Crippen LogP contribution in [0.2, 0.25) is 0 Å². The zero-order chi connectivity index (χ0) is 23.2. The topological polar surface area (TPSA) is 86.5 Å². The van der Waals surface area contributed by atoms with Crippen LogP contribution in [0, 0.1) is 0 Å². The Hall–Kier alpha value is -3.33. The lowest BCUT2D eigenvalue weighted by molar-refractivity contribution is -0.129. The zero-order valence-electron chi connectivity index (χ0n) is 18.7. The number of carbonyl (C=O) groups is 2. The SMILES string of the molecule is CCOC(=O)c1nn(Cc2ccc(OC)cc2)c2c1CN(C(=O)CSc1ccncc1)CC2. The summed E-state index contributed by atoms with van der Waals surface area (Å²) in [6, 6.07) is 11.5. The first kappa shape index (κ1) is 22.8. The van der Waals surface area contributed by atoms with E-state index in [1.807, 2.05) is 41.1 Å². The molecule has 0 spiro atoms. The summed E-state index contributed by atoms with van der Waals surface area (Å²) >= 11 is 1.48. The van der Waals surface area contributed by atoms with Crippen LogP contribution in [0.4, 0.5) is 0 Å². The van der Waals surface area contributed by atoms with E-state index in [0.717, 1.165) is 27.5 Å². The van der Waals surface area contributed by atoms with Crippen molar-refractivity contribution in [3.63, 3.8) is 0 Å². The van der Waals surface area contributed by atoms with Gasteiger partial charge in [-0.1, -0.05) is 12.1 Å². The van der Waals surface area contributed by atoms with Gasteiger partial charge in [0.05, 0.1) is 26.0 Å². The van der Waals surface area contributed by atoms with E-state index in [2.05, 4.69) is 10.1 Å². The summed E-state index contributed by atoms with van der Waals surface area (Å²) in [7, 11) is 1.63. The highest BCUT2D eigenvalue weighted by atomic mass is 32.2. The van der Waals surface area contributed by atoms with Gasteiger partial charge in [0.15, 0.2) is 5.69 Å². The number of rotatable bonds is 8. The number of amides is 1. The fourth-order valence-electron chi connectivity index (χ4n) is 3.77. The van der Waals surface area contributed by atoms with Gasteiger partial charge in [0, 0.05) is 48.1 Å². The molecule has 0 saturated heterocycles. The second-order valence-electron chi connectivity index (χ2n) is 7.54. The molecule has 4 rings (SSSR count). The fraction of sp³-hybridized carbons (Fsp3) is 0.333. The van der Waals surface area contributed by atoms with Crippen molar-refractivity contribution in [1.82, 2.24) is 19.7 Å². The number of ether oxygens (including phenoxy) is 2. The summed E-state index contributed by atoms with van der Waals surface area (Å²) in [5.41, 5.74) is 3.08. The van der Waals surface area contributed by atoms with Crippen LogP contribution in [0.1, 0.15) is 34.2 Å². The van der Waals surface area contributed by atoms with Crippen LogP contribution >= 0.6 is 11.8 Å². The van der Waals surface area contributed by atoms with Crippen molar-refractivity contribution in [3.05, 3.63) is 71.3 Å². The number of hydrogen-bond acceptors (Lipinski definition) is 7. The highest BCUT2D eigenvalue weighted by molar-refractivity contribution is 8.00. The molecule has 0 radical (unpaired) electrons. The van der Waals surface area contributed by atoms with E-state index in [9.17, 15) is 9.59 Å². The summed E-state index contributed by atoms with van der Waals surface area (Å²) in [6.45, 7) is 3.49. The molecule has 1 aliphatic rings. The number of methoxy groups -OCH3 is 1. The summed E-state index contributed by atoms with van der Waals surface area (Å²) in [4.78, 5) is 32.3. The highest BCUT2D eigenvalue weighted by Gasteiger charge is 2.30. The zero-order valence-corrected chi connectivity index (χ0v) is 19.5. The second-order valence-corrected chi connectivity index (χ2v) is 8.59. The van der Waals surface area contributed by atoms with Gasteiger partial charge in [-0.2, -0.15) is 5.10 Å². The number of carbonyl (C=O) groups excluding carboxylic acids is 2. The molecule has 0 fully saturated rings. The highest BCUT2D eigenvalue weighted by Crippen LogP contribution is 2.26. The Kier molecular flexibility index (Phi) is 7.29. The fourth-order valence-corrected chi connectivity index (χ4v) is 4.56. The quantitative estimate of drug-likeness (QED) is 0.372. The lowest BCUT2D eigenvalue weighted by Crippen LogP contribution is -2.37. The molecule has 0 atom stereocenters. The molecule has 0 unspecified atom stereocenters. The number of thioether (sulfide) groups is 1. The van der Waals surface area contributed by atoms with Crippen molar-refractivity contribution in [1.29, 1.82) is 0 Å². The van der Waals surface area contributed by atoms with E-state index in [1.165, 1.54) is 11.8 Å². The number of fused-ring (bicyclic) bond motifs is 1. The van der Waals surface area contributed by atoms with Gasteiger partial charge < -0.3 is 14.4 Å². The van der Waals surface area contributed by atoms with Gasteiger partial charge in [-0.25, -0.2) is 4.79 Å². The van der Waals surface area contributed by atoms with Crippen molar-refractivity contribution in [2.24, 2.45) is 0 Å². The first-order chi connectivity index (χ1) is 16.1. The molecule has 9 heteroatoms. The van der Waals surface area contributed by atoms with Gasteiger partial charge in [-0.3, -0.25) is 14.5 Å². The normalized spacial score (nSPS) is 12.8. The van der Waals surface area contributed by atoms with Gasteiger partial charge in [0.2, 0.25) is 5.91 Å². The summed E-state index contributed by atoms with van der Waals surface area (Å²) < 4.78 is 12.3. The van der Waals surface area contributed by atoms with Crippen molar-refractivity contribution in [2.75, 3.05) is 26.0 Å². The molecule has 172 valence electrons. The smallest absolute Gasteiger partial charge is 0.359 e. The van der Waals surface area contributed by atoms with E-state index in [-0.39, 0.29) is 12.5 Å². The number of nitrogens with zero attached hydrogens (tertiary/aromatic N) is 4. The summed E-state index contributed by atoms with van der Waals surface area (Å²) in [5, 5.41) is 4.60. The molecular weight excluding hydrogens is 440 g/mol. The molecule has 0 bridgehead atoms. The van der Waals surface area contributed by atoms with Crippen LogP contribution in [0.5, 0.6) is 5.75 Å². The van der Waals surface area contributed by atoms with E-state index in [0.29, 0.717) is 37.5 Å². The van der Waals surface area contributed by atoms with Crippen molar-refractivity contribution in [2.45, 2.75) is 31.3 Å². The molecule has 2 aromatic heterocycles. The van der Waals surface area contributed by atoms with Gasteiger partial charge in [-0.15, -0.1) is 11.8 Å². The second kappa shape index (κ2) is 10.5. The maximum absolute atomic E-state index is 12.9. The van der Waals surface area contributed by atoms with Gasteiger partial charge >= 0.3 is 5.97 Å². The van der Waals surface area contributed by atoms with E-state index >= 15 is 0 Å². The van der Waals surface area contributed by atoms with Crippen LogP contribution in [-0.2, 0) is 29.0 Å². The Morgan fingerprint density at radius 3 is 2.58 bits per heavy atom. The number of benzene rings is 1. The van der Waals surface area contributed by atoms with Gasteiger partial charge in [0.25, 0.3) is 0 Å². The Labute approximate surface area is 196 Å². The van der Waals surface area contributed by atoms with Gasteiger partial charge in [-0.05, 0) is 36.8 Å². The Morgan fingerprint density at radius 2 is 1.88 bits per heavy atom. The first-order valence-corrected chi connectivity index (χ1v) is 11.8. The summed E-state index contributed by atoms with van der Waals surface area (Å²) in [5.74, 6) is 0.684. The summed E-state index contributed by atoms with van der Waals surface area (Å²) in [6.07, 6.45) is 4.05. The maximum Gasteiger partial charge on any atom is 0.359 e. The molecule has 3 heterocycles. The lowest BCUT2D eigenvalue weighted by Gasteiger charge is -2.28. The van der Waals surface area contributed by atoms with Gasteiger partial charge in [0.1, 0.15) is 5.75 Å². The average Bonchev–Trinajstić information content (AvgIpc) is 3.21.